The molecule has 1 aliphatic rings. The molecule has 164 valence electrons. The van der Waals surface area contributed by atoms with Crippen LogP contribution in [0.1, 0.15) is 17.5 Å². The summed E-state index contributed by atoms with van der Waals surface area (Å²) < 4.78 is 38.5. The van der Waals surface area contributed by atoms with Crippen LogP contribution in [0.3, 0.4) is 0 Å². The van der Waals surface area contributed by atoms with Crippen molar-refractivity contribution in [3.63, 3.8) is 0 Å². The summed E-state index contributed by atoms with van der Waals surface area (Å²) in [6.07, 6.45) is -3.50. The standard InChI is InChI=1S/C21H19F3N2O5/c22-21(23,24)14-5-7-15(8-6-14)31-26-12-20(25,16(19(29)30)11-18(27)28)10-9-13-3-1-2-4-17(13)26/h1-8,11H,9-10,12,25H2,(H,27,28)(H,29,30). The van der Waals surface area contributed by atoms with E-state index < -0.39 is 34.8 Å². The van der Waals surface area contributed by atoms with E-state index >= 15 is 0 Å². The molecule has 0 aromatic heterocycles. The molecule has 2 aromatic carbocycles. The van der Waals surface area contributed by atoms with Gasteiger partial charge < -0.3 is 20.8 Å². The predicted octanol–water partition coefficient (Wildman–Crippen LogP) is 3.25. The van der Waals surface area contributed by atoms with Crippen LogP contribution in [0.2, 0.25) is 0 Å². The molecule has 7 nitrogen and oxygen atoms in total. The fourth-order valence-electron chi connectivity index (χ4n) is 3.42. The molecule has 1 heterocycles. The van der Waals surface area contributed by atoms with Crippen LogP contribution >= 0.6 is 0 Å². The number of anilines is 1. The number of nitrogens with zero attached hydrogens (tertiary/aromatic N) is 1. The van der Waals surface area contributed by atoms with Crippen molar-refractivity contribution in [2.45, 2.75) is 24.6 Å². The van der Waals surface area contributed by atoms with Crippen molar-refractivity contribution < 1.29 is 37.8 Å². The van der Waals surface area contributed by atoms with Gasteiger partial charge in [0.15, 0.2) is 5.75 Å². The first-order valence-electron chi connectivity index (χ1n) is 9.17. The number of nitrogens with two attached hydrogens (primary N) is 1. The van der Waals surface area contributed by atoms with Crippen molar-refractivity contribution in [3.8, 4) is 5.75 Å². The summed E-state index contributed by atoms with van der Waals surface area (Å²) in [5.74, 6) is -2.87. The Kier molecular flexibility index (Phi) is 5.94. The van der Waals surface area contributed by atoms with Gasteiger partial charge in [0.2, 0.25) is 0 Å². The highest BCUT2D eigenvalue weighted by Gasteiger charge is 2.40. The Balaban J connectivity index is 1.99. The van der Waals surface area contributed by atoms with E-state index in [1.54, 1.807) is 24.3 Å². The maximum atomic E-state index is 12.8. The first-order chi connectivity index (χ1) is 14.5. The van der Waals surface area contributed by atoms with E-state index in [2.05, 4.69) is 0 Å². The Morgan fingerprint density at radius 1 is 1.10 bits per heavy atom. The van der Waals surface area contributed by atoms with Gasteiger partial charge in [-0.2, -0.15) is 13.2 Å². The smallest absolute Gasteiger partial charge is 0.416 e. The largest absolute Gasteiger partial charge is 0.478 e. The van der Waals surface area contributed by atoms with Crippen LogP contribution in [-0.4, -0.2) is 34.2 Å². The van der Waals surface area contributed by atoms with Gasteiger partial charge in [0.05, 0.1) is 28.9 Å². The molecule has 3 rings (SSSR count). The van der Waals surface area contributed by atoms with Gasteiger partial charge in [-0.3, -0.25) is 0 Å². The normalized spacial score (nSPS) is 19.4. The molecule has 0 bridgehead atoms. The summed E-state index contributed by atoms with van der Waals surface area (Å²) in [7, 11) is 0. The van der Waals surface area contributed by atoms with Crippen LogP contribution in [0.5, 0.6) is 5.75 Å². The molecule has 0 radical (unpaired) electrons. The second-order valence-electron chi connectivity index (χ2n) is 7.14. The minimum atomic E-state index is -4.50. The topological polar surface area (TPSA) is 113 Å². The third kappa shape index (κ3) is 4.97. The summed E-state index contributed by atoms with van der Waals surface area (Å²) in [5.41, 5.74) is 4.74. The van der Waals surface area contributed by atoms with Crippen molar-refractivity contribution in [1.29, 1.82) is 0 Å². The molecule has 0 saturated heterocycles. The Morgan fingerprint density at radius 3 is 2.32 bits per heavy atom. The van der Waals surface area contributed by atoms with Crippen molar-refractivity contribution in [1.82, 2.24) is 0 Å². The molecule has 4 N–H and O–H groups in total. The maximum absolute atomic E-state index is 12.8. The fraction of sp³-hybridized carbons (Fsp3) is 0.238. The summed E-state index contributed by atoms with van der Waals surface area (Å²) in [6.45, 7) is -0.240. The zero-order chi connectivity index (χ0) is 22.8. The van der Waals surface area contributed by atoms with Crippen molar-refractivity contribution >= 4 is 17.6 Å². The molecule has 0 amide bonds. The second kappa shape index (κ2) is 8.31. The second-order valence-corrected chi connectivity index (χ2v) is 7.14. The average molecular weight is 436 g/mol. The number of aliphatic carboxylic acids is 2. The molecule has 0 aliphatic carbocycles. The minimum Gasteiger partial charge on any atom is -0.478 e. The van der Waals surface area contributed by atoms with E-state index in [9.17, 15) is 27.9 Å². The van der Waals surface area contributed by atoms with Gasteiger partial charge >= 0.3 is 18.1 Å². The van der Waals surface area contributed by atoms with E-state index in [1.807, 2.05) is 0 Å². The van der Waals surface area contributed by atoms with E-state index in [-0.39, 0.29) is 18.7 Å². The summed E-state index contributed by atoms with van der Waals surface area (Å²) >= 11 is 0. The lowest BCUT2D eigenvalue weighted by Crippen LogP contribution is -2.54. The first kappa shape index (κ1) is 22.2. The molecular weight excluding hydrogens is 417 g/mol. The van der Waals surface area contributed by atoms with Crippen molar-refractivity contribution in [2.75, 3.05) is 11.6 Å². The van der Waals surface area contributed by atoms with Crippen LogP contribution in [0.4, 0.5) is 18.9 Å². The number of hydroxylamine groups is 1. The molecule has 31 heavy (non-hydrogen) atoms. The predicted molar refractivity (Wildman–Crippen MR) is 104 cm³/mol. The number of aryl methyl sites for hydroxylation is 1. The molecule has 0 fully saturated rings. The minimum absolute atomic E-state index is 0.0751. The Morgan fingerprint density at radius 2 is 1.74 bits per heavy atom. The highest BCUT2D eigenvalue weighted by atomic mass is 19.4. The number of carbonyl (C=O) groups is 2. The van der Waals surface area contributed by atoms with E-state index in [0.29, 0.717) is 18.2 Å². The van der Waals surface area contributed by atoms with Crippen molar-refractivity contribution in [3.05, 3.63) is 71.3 Å². The van der Waals surface area contributed by atoms with Gasteiger partial charge in [0, 0.05) is 6.08 Å². The highest BCUT2D eigenvalue weighted by Crippen LogP contribution is 2.35. The number of hydrogen-bond donors (Lipinski definition) is 3. The molecule has 0 saturated carbocycles. The van der Waals surface area contributed by atoms with E-state index in [0.717, 1.165) is 29.8 Å². The van der Waals surface area contributed by atoms with Crippen LogP contribution in [0, 0.1) is 0 Å². The number of benzene rings is 2. The van der Waals surface area contributed by atoms with Crippen LogP contribution < -0.4 is 15.6 Å². The molecule has 10 heteroatoms. The lowest BCUT2D eigenvalue weighted by atomic mass is 9.85. The van der Waals surface area contributed by atoms with Crippen molar-refractivity contribution in [2.24, 2.45) is 5.73 Å². The fourth-order valence-corrected chi connectivity index (χ4v) is 3.42. The van der Waals surface area contributed by atoms with Gasteiger partial charge in [-0.1, -0.05) is 18.2 Å². The van der Waals surface area contributed by atoms with Crippen LogP contribution in [-0.2, 0) is 22.2 Å². The number of alkyl halides is 3. The monoisotopic (exact) mass is 436 g/mol. The van der Waals surface area contributed by atoms with E-state index in [1.165, 1.54) is 5.06 Å². The first-order valence-corrected chi connectivity index (χ1v) is 9.17. The molecule has 1 atom stereocenters. The molecular formula is C21H19F3N2O5. The Bertz CT molecular complexity index is 1020. The molecule has 0 spiro atoms. The molecule has 1 unspecified atom stereocenters. The lowest BCUT2D eigenvalue weighted by molar-refractivity contribution is -0.137. The summed E-state index contributed by atoms with van der Waals surface area (Å²) in [6, 6.07) is 11.0. The molecule has 1 aliphatic heterocycles. The van der Waals surface area contributed by atoms with Gasteiger partial charge in [-0.25, -0.2) is 14.7 Å². The quantitative estimate of drug-likeness (QED) is 0.617. The lowest BCUT2D eigenvalue weighted by Gasteiger charge is -2.34. The summed E-state index contributed by atoms with van der Waals surface area (Å²) in [5, 5.41) is 19.9. The number of halogens is 3. The average Bonchev–Trinajstić information content (AvgIpc) is 2.83. The zero-order valence-corrected chi connectivity index (χ0v) is 16.1. The third-order valence-electron chi connectivity index (χ3n) is 4.96. The Hall–Kier alpha value is -3.53. The number of carboxylic acids is 2. The van der Waals surface area contributed by atoms with Gasteiger partial charge in [0.25, 0.3) is 0 Å². The number of fused-ring (bicyclic) bond motifs is 1. The number of rotatable bonds is 5. The maximum Gasteiger partial charge on any atom is 0.416 e. The zero-order valence-electron chi connectivity index (χ0n) is 16.1. The number of hydrogen-bond acceptors (Lipinski definition) is 5. The third-order valence-corrected chi connectivity index (χ3v) is 4.96. The van der Waals surface area contributed by atoms with Crippen LogP contribution in [0.15, 0.2) is 60.2 Å². The number of para-hydroxylation sites is 1. The van der Waals surface area contributed by atoms with Gasteiger partial charge in [0.1, 0.15) is 0 Å². The van der Waals surface area contributed by atoms with Gasteiger partial charge in [-0.05, 0) is 48.7 Å². The number of carboxylic acid groups (broad SMARTS) is 2. The molecule has 2 aromatic rings. The highest BCUT2D eigenvalue weighted by molar-refractivity contribution is 5.96. The van der Waals surface area contributed by atoms with E-state index in [4.69, 9.17) is 15.7 Å². The Labute approximate surface area is 175 Å². The summed E-state index contributed by atoms with van der Waals surface area (Å²) in [4.78, 5) is 28.7. The van der Waals surface area contributed by atoms with Crippen LogP contribution in [0.25, 0.3) is 0 Å². The van der Waals surface area contributed by atoms with Gasteiger partial charge in [-0.15, -0.1) is 0 Å². The SMILES string of the molecule is NC1(C(=CC(=O)O)C(=O)O)CCc2ccccc2N(Oc2ccc(C(F)(F)F)cc2)C1.